The van der Waals surface area contributed by atoms with E-state index in [0.29, 0.717) is 0 Å². The summed E-state index contributed by atoms with van der Waals surface area (Å²) >= 11 is 0. The third-order valence-electron chi connectivity index (χ3n) is 5.31. The number of hydrogen-bond donors (Lipinski definition) is 1. The van der Waals surface area contributed by atoms with Crippen molar-refractivity contribution in [1.82, 2.24) is 10.2 Å². The number of halogens is 1. The zero-order chi connectivity index (χ0) is 18.5. The molecule has 0 spiro atoms. The highest BCUT2D eigenvalue weighted by Crippen LogP contribution is 2.27. The van der Waals surface area contributed by atoms with Gasteiger partial charge in [0.25, 0.3) is 0 Å². The van der Waals surface area contributed by atoms with E-state index in [9.17, 15) is 0 Å². The lowest BCUT2D eigenvalue weighted by molar-refractivity contribution is 0.0342. The minimum atomic E-state index is 0. The molecular weight excluding hydrogens is 463 g/mol. The third-order valence-corrected chi connectivity index (χ3v) is 5.31. The summed E-state index contributed by atoms with van der Waals surface area (Å²) in [5.41, 5.74) is 5.31. The summed E-state index contributed by atoms with van der Waals surface area (Å²) in [5, 5.41) is 3.54. The van der Waals surface area contributed by atoms with Gasteiger partial charge in [0.2, 0.25) is 0 Å². The normalized spacial score (nSPS) is 17.2. The van der Waals surface area contributed by atoms with Gasteiger partial charge in [-0.25, -0.2) is 0 Å². The Morgan fingerprint density at radius 2 is 1.82 bits per heavy atom. The lowest BCUT2D eigenvalue weighted by atomic mass is 10.1. The summed E-state index contributed by atoms with van der Waals surface area (Å²) in [5.74, 6) is 0.943. The first-order valence-electron chi connectivity index (χ1n) is 9.77. The molecule has 5 nitrogen and oxygen atoms in total. The van der Waals surface area contributed by atoms with Crippen molar-refractivity contribution in [2.75, 3.05) is 44.8 Å². The van der Waals surface area contributed by atoms with Crippen molar-refractivity contribution >= 4 is 35.6 Å². The highest BCUT2D eigenvalue weighted by molar-refractivity contribution is 14.0. The van der Waals surface area contributed by atoms with Crippen molar-refractivity contribution < 1.29 is 4.74 Å². The second-order valence-corrected chi connectivity index (χ2v) is 7.14. The number of rotatable bonds is 4. The molecular formula is C22H29IN4O. The number of ether oxygens (including phenoxy) is 1. The number of aliphatic imine (C=N–C) groups is 1. The molecule has 0 atom stereocenters. The Balaban J connectivity index is 0.00000225. The van der Waals surface area contributed by atoms with Gasteiger partial charge in [0, 0.05) is 45.5 Å². The van der Waals surface area contributed by atoms with E-state index < -0.39 is 0 Å². The average Bonchev–Trinajstić information content (AvgIpc) is 3.14. The molecule has 0 unspecified atom stereocenters. The van der Waals surface area contributed by atoms with Gasteiger partial charge in [-0.15, -0.1) is 24.0 Å². The number of anilines is 1. The van der Waals surface area contributed by atoms with E-state index in [4.69, 9.17) is 4.74 Å². The molecule has 0 saturated carbocycles. The predicted octanol–water partition coefficient (Wildman–Crippen LogP) is 3.27. The molecule has 0 radical (unpaired) electrons. The van der Waals surface area contributed by atoms with Gasteiger partial charge in [0.05, 0.1) is 13.2 Å². The monoisotopic (exact) mass is 492 g/mol. The Kier molecular flexibility index (Phi) is 7.70. The smallest absolute Gasteiger partial charge is 0.198 e. The lowest BCUT2D eigenvalue weighted by Crippen LogP contribution is -2.40. The van der Waals surface area contributed by atoms with Crippen LogP contribution in [-0.4, -0.2) is 50.8 Å². The maximum absolute atomic E-state index is 5.44. The fourth-order valence-electron chi connectivity index (χ4n) is 3.89. The quantitative estimate of drug-likeness (QED) is 0.404. The van der Waals surface area contributed by atoms with Gasteiger partial charge in [-0.05, 0) is 29.2 Å². The van der Waals surface area contributed by atoms with E-state index >= 15 is 0 Å². The summed E-state index contributed by atoms with van der Waals surface area (Å²) in [4.78, 5) is 9.25. The Hall–Kier alpha value is -1.64. The van der Waals surface area contributed by atoms with E-state index in [-0.39, 0.29) is 24.0 Å². The van der Waals surface area contributed by atoms with E-state index in [1.54, 1.807) is 0 Å². The number of nitrogens with zero attached hydrogens (tertiary/aromatic N) is 3. The standard InChI is InChI=1S/C22H28N4O.HI/c1-23-22(26-10-9-20-7-2-3-8-21(20)26)24-16-18-5-4-6-19(15-18)17-25-11-13-27-14-12-25;/h2-8,15H,9-14,16-17H2,1H3,(H,23,24);1H. The van der Waals surface area contributed by atoms with Crippen molar-refractivity contribution in [3.05, 3.63) is 65.2 Å². The zero-order valence-electron chi connectivity index (χ0n) is 16.4. The predicted molar refractivity (Wildman–Crippen MR) is 126 cm³/mol. The van der Waals surface area contributed by atoms with Crippen LogP contribution in [0, 0.1) is 0 Å². The minimum absolute atomic E-state index is 0. The van der Waals surface area contributed by atoms with Crippen molar-refractivity contribution in [3.8, 4) is 0 Å². The number of para-hydroxylation sites is 1. The van der Waals surface area contributed by atoms with E-state index in [0.717, 1.165) is 58.3 Å². The zero-order valence-corrected chi connectivity index (χ0v) is 18.8. The number of hydrogen-bond acceptors (Lipinski definition) is 3. The molecule has 1 saturated heterocycles. The molecule has 4 rings (SSSR count). The molecule has 1 fully saturated rings. The molecule has 0 aromatic heterocycles. The van der Waals surface area contributed by atoms with Crippen molar-refractivity contribution in [3.63, 3.8) is 0 Å². The molecule has 1 N–H and O–H groups in total. The maximum Gasteiger partial charge on any atom is 0.198 e. The second kappa shape index (κ2) is 10.2. The largest absolute Gasteiger partial charge is 0.379 e. The molecule has 2 aromatic carbocycles. The van der Waals surface area contributed by atoms with E-state index in [1.165, 1.54) is 22.4 Å². The van der Waals surface area contributed by atoms with Crippen molar-refractivity contribution in [1.29, 1.82) is 0 Å². The summed E-state index contributed by atoms with van der Waals surface area (Å²) in [6.07, 6.45) is 1.08. The lowest BCUT2D eigenvalue weighted by Gasteiger charge is -2.26. The van der Waals surface area contributed by atoms with Gasteiger partial charge in [0.15, 0.2) is 5.96 Å². The topological polar surface area (TPSA) is 40.1 Å². The maximum atomic E-state index is 5.44. The Bertz CT molecular complexity index is 805. The van der Waals surface area contributed by atoms with Crippen LogP contribution in [0.15, 0.2) is 53.5 Å². The average molecular weight is 492 g/mol. The minimum Gasteiger partial charge on any atom is -0.379 e. The van der Waals surface area contributed by atoms with Crippen LogP contribution in [0.4, 0.5) is 5.69 Å². The molecule has 150 valence electrons. The molecule has 0 bridgehead atoms. The van der Waals surface area contributed by atoms with Gasteiger partial charge < -0.3 is 15.0 Å². The summed E-state index contributed by atoms with van der Waals surface area (Å²) < 4.78 is 5.44. The van der Waals surface area contributed by atoms with Crippen LogP contribution in [0.5, 0.6) is 0 Å². The first-order valence-corrected chi connectivity index (χ1v) is 9.77. The van der Waals surface area contributed by atoms with Crippen LogP contribution < -0.4 is 10.2 Å². The SMILES string of the molecule is CN=C(NCc1cccc(CN2CCOCC2)c1)N1CCc2ccccc21.I. The van der Waals surface area contributed by atoms with Crippen LogP contribution >= 0.6 is 24.0 Å². The van der Waals surface area contributed by atoms with Gasteiger partial charge in [-0.2, -0.15) is 0 Å². The van der Waals surface area contributed by atoms with Gasteiger partial charge >= 0.3 is 0 Å². The fourth-order valence-corrected chi connectivity index (χ4v) is 3.89. The van der Waals surface area contributed by atoms with E-state index in [1.807, 2.05) is 7.05 Å². The Morgan fingerprint density at radius 3 is 2.64 bits per heavy atom. The van der Waals surface area contributed by atoms with Crippen LogP contribution in [0.25, 0.3) is 0 Å². The Morgan fingerprint density at radius 1 is 1.04 bits per heavy atom. The molecule has 0 amide bonds. The first-order chi connectivity index (χ1) is 13.3. The van der Waals surface area contributed by atoms with Crippen LogP contribution in [-0.2, 0) is 24.2 Å². The molecule has 28 heavy (non-hydrogen) atoms. The molecule has 6 heteroatoms. The van der Waals surface area contributed by atoms with Crippen LogP contribution in [0.3, 0.4) is 0 Å². The van der Waals surface area contributed by atoms with E-state index in [2.05, 4.69) is 68.6 Å². The number of guanidine groups is 1. The van der Waals surface area contributed by atoms with Crippen LogP contribution in [0.1, 0.15) is 16.7 Å². The summed E-state index contributed by atoms with van der Waals surface area (Å²) in [6.45, 7) is 6.47. The summed E-state index contributed by atoms with van der Waals surface area (Å²) in [7, 11) is 1.86. The Labute approximate surface area is 184 Å². The third kappa shape index (κ3) is 5.04. The number of nitrogens with one attached hydrogen (secondary N) is 1. The molecule has 2 heterocycles. The number of morpholine rings is 1. The highest BCUT2D eigenvalue weighted by atomic mass is 127. The molecule has 2 aromatic rings. The van der Waals surface area contributed by atoms with Gasteiger partial charge in [-0.1, -0.05) is 42.5 Å². The molecule has 2 aliphatic rings. The number of benzene rings is 2. The molecule has 2 aliphatic heterocycles. The van der Waals surface area contributed by atoms with Crippen molar-refractivity contribution in [2.45, 2.75) is 19.5 Å². The van der Waals surface area contributed by atoms with Gasteiger partial charge in [0.1, 0.15) is 0 Å². The molecule has 0 aliphatic carbocycles. The van der Waals surface area contributed by atoms with Crippen LogP contribution in [0.2, 0.25) is 0 Å². The highest BCUT2D eigenvalue weighted by Gasteiger charge is 2.22. The fraction of sp³-hybridized carbons (Fsp3) is 0.409. The summed E-state index contributed by atoms with van der Waals surface area (Å²) in [6, 6.07) is 17.4. The van der Waals surface area contributed by atoms with Gasteiger partial charge in [-0.3, -0.25) is 9.89 Å². The second-order valence-electron chi connectivity index (χ2n) is 7.14. The first kappa shape index (κ1) is 21.1. The number of fused-ring (bicyclic) bond motifs is 1. The van der Waals surface area contributed by atoms with Crippen molar-refractivity contribution in [2.24, 2.45) is 4.99 Å².